The molecule has 1 fully saturated rings. The molecule has 1 aromatic carbocycles. The van der Waals surface area contributed by atoms with Crippen molar-refractivity contribution in [2.24, 2.45) is 5.92 Å². The maximum Gasteiger partial charge on any atom is 0.416 e. The molecule has 1 amide bonds. The van der Waals surface area contributed by atoms with E-state index < -0.39 is 17.6 Å². The van der Waals surface area contributed by atoms with Crippen LogP contribution < -0.4 is 15.0 Å². The van der Waals surface area contributed by atoms with Crippen molar-refractivity contribution in [2.75, 3.05) is 43.1 Å². The molecule has 0 spiro atoms. The molecular weight excluding hydrogens is 481 g/mol. The molecule has 1 aliphatic heterocycles. The first-order valence-corrected chi connectivity index (χ1v) is 12.3. The third-order valence-electron chi connectivity index (χ3n) is 6.35. The molecule has 0 radical (unpaired) electrons. The van der Waals surface area contributed by atoms with Gasteiger partial charge in [0.1, 0.15) is 11.2 Å². The number of carbonyl (C=O) groups is 1. The molecule has 7 nitrogen and oxygen atoms in total. The number of morpholine rings is 1. The van der Waals surface area contributed by atoms with Crippen LogP contribution in [0, 0.1) is 5.92 Å². The normalized spacial score (nSPS) is 18.4. The van der Waals surface area contributed by atoms with E-state index in [1.54, 1.807) is 11.3 Å². The molecule has 1 saturated heterocycles. The summed E-state index contributed by atoms with van der Waals surface area (Å²) < 4.78 is 51.1. The standard InChI is InChI=1S/C24H25F3N4O3S/c1-14-2-4-16-19(10-14)35-23-21(16)22(28-13-29-23)34-12-20(32)30-17-11-15(24(25,26)27)3-5-18(17)31-6-8-33-9-7-31/h3,5,11,13-14H,2,4,6-10,12H2,1H3,(H,30,32)/t14-/m1/s1. The number of hydrogen-bond donors (Lipinski definition) is 1. The summed E-state index contributed by atoms with van der Waals surface area (Å²) in [4.78, 5) is 25.4. The fraction of sp³-hybridized carbons (Fsp3) is 0.458. The summed E-state index contributed by atoms with van der Waals surface area (Å²) in [5.74, 6) is 0.366. The molecule has 0 unspecified atom stereocenters. The molecule has 186 valence electrons. The van der Waals surface area contributed by atoms with Crippen molar-refractivity contribution in [3.8, 4) is 5.88 Å². The molecule has 2 aromatic heterocycles. The Hall–Kier alpha value is -2.92. The molecule has 3 heterocycles. The van der Waals surface area contributed by atoms with Crippen molar-refractivity contribution in [2.45, 2.75) is 32.4 Å². The number of thiophene rings is 1. The summed E-state index contributed by atoms with van der Waals surface area (Å²) in [5, 5.41) is 3.45. The van der Waals surface area contributed by atoms with E-state index in [1.807, 2.05) is 4.90 Å². The minimum Gasteiger partial charge on any atom is -0.467 e. The van der Waals surface area contributed by atoms with E-state index in [0.29, 0.717) is 43.8 Å². The number of nitrogens with zero attached hydrogens (tertiary/aromatic N) is 3. The van der Waals surface area contributed by atoms with Crippen LogP contribution in [0.3, 0.4) is 0 Å². The fourth-order valence-corrected chi connectivity index (χ4v) is 5.91. The van der Waals surface area contributed by atoms with Crippen LogP contribution in [-0.2, 0) is 28.5 Å². The molecule has 1 aliphatic carbocycles. The number of carbonyl (C=O) groups excluding carboxylic acids is 1. The number of rotatable bonds is 5. The van der Waals surface area contributed by atoms with Crippen molar-refractivity contribution < 1.29 is 27.4 Å². The van der Waals surface area contributed by atoms with Gasteiger partial charge in [0.25, 0.3) is 5.91 Å². The van der Waals surface area contributed by atoms with Gasteiger partial charge >= 0.3 is 6.18 Å². The van der Waals surface area contributed by atoms with Crippen LogP contribution >= 0.6 is 11.3 Å². The quantitative estimate of drug-likeness (QED) is 0.541. The van der Waals surface area contributed by atoms with E-state index in [1.165, 1.54) is 22.8 Å². The summed E-state index contributed by atoms with van der Waals surface area (Å²) in [7, 11) is 0. The lowest BCUT2D eigenvalue weighted by molar-refractivity contribution is -0.137. The maximum absolute atomic E-state index is 13.3. The lowest BCUT2D eigenvalue weighted by Crippen LogP contribution is -2.37. The third-order valence-corrected chi connectivity index (χ3v) is 7.51. The van der Waals surface area contributed by atoms with Crippen molar-refractivity contribution in [1.82, 2.24) is 9.97 Å². The molecule has 1 N–H and O–H groups in total. The Morgan fingerprint density at radius 3 is 2.86 bits per heavy atom. The molecule has 5 rings (SSSR count). The maximum atomic E-state index is 13.3. The molecule has 0 saturated carbocycles. The largest absolute Gasteiger partial charge is 0.467 e. The number of anilines is 2. The van der Waals surface area contributed by atoms with E-state index in [9.17, 15) is 18.0 Å². The summed E-state index contributed by atoms with van der Waals surface area (Å²) >= 11 is 1.62. The predicted octanol–water partition coefficient (Wildman–Crippen LogP) is 4.69. The first-order chi connectivity index (χ1) is 16.8. The van der Waals surface area contributed by atoms with Gasteiger partial charge in [0.05, 0.1) is 35.5 Å². The molecule has 2 aliphatic rings. The van der Waals surface area contributed by atoms with E-state index in [4.69, 9.17) is 9.47 Å². The summed E-state index contributed by atoms with van der Waals surface area (Å²) in [6.45, 7) is 3.80. The van der Waals surface area contributed by atoms with Crippen LogP contribution in [0.5, 0.6) is 5.88 Å². The summed E-state index contributed by atoms with van der Waals surface area (Å²) in [6.07, 6.45) is -0.171. The minimum atomic E-state index is -4.53. The zero-order valence-electron chi connectivity index (χ0n) is 19.2. The van der Waals surface area contributed by atoms with E-state index in [0.717, 1.165) is 41.6 Å². The van der Waals surface area contributed by atoms with Gasteiger partial charge in [-0.1, -0.05) is 6.92 Å². The number of aromatic nitrogens is 2. The second kappa shape index (κ2) is 9.62. The van der Waals surface area contributed by atoms with Crippen LogP contribution in [0.2, 0.25) is 0 Å². The number of halogens is 3. The monoisotopic (exact) mass is 506 g/mol. The summed E-state index contributed by atoms with van der Waals surface area (Å²) in [5.41, 5.74) is 0.944. The zero-order chi connectivity index (χ0) is 24.6. The van der Waals surface area contributed by atoms with Gasteiger partial charge in [0.2, 0.25) is 5.88 Å². The molecular formula is C24H25F3N4O3S. The molecule has 35 heavy (non-hydrogen) atoms. The topological polar surface area (TPSA) is 76.6 Å². The summed E-state index contributed by atoms with van der Waals surface area (Å²) in [6, 6.07) is 3.37. The van der Waals surface area contributed by atoms with Crippen LogP contribution in [0.1, 0.15) is 29.3 Å². The zero-order valence-corrected chi connectivity index (χ0v) is 20.0. The number of amides is 1. The van der Waals surface area contributed by atoms with Gasteiger partial charge in [-0.15, -0.1) is 11.3 Å². The lowest BCUT2D eigenvalue weighted by atomic mass is 9.89. The molecule has 0 bridgehead atoms. The molecule has 3 aromatic rings. The van der Waals surface area contributed by atoms with Crippen LogP contribution in [0.15, 0.2) is 24.5 Å². The van der Waals surface area contributed by atoms with Gasteiger partial charge in [-0.05, 0) is 48.9 Å². The van der Waals surface area contributed by atoms with Gasteiger partial charge in [-0.3, -0.25) is 4.79 Å². The van der Waals surface area contributed by atoms with Crippen LogP contribution in [0.25, 0.3) is 10.2 Å². The van der Waals surface area contributed by atoms with Crippen molar-refractivity contribution in [3.63, 3.8) is 0 Å². The molecule has 11 heteroatoms. The second-order valence-corrected chi connectivity index (χ2v) is 9.96. The molecule has 1 atom stereocenters. The lowest BCUT2D eigenvalue weighted by Gasteiger charge is -2.31. The number of benzene rings is 1. The van der Waals surface area contributed by atoms with Crippen molar-refractivity contribution in [1.29, 1.82) is 0 Å². The Kier molecular flexibility index (Phi) is 6.54. The number of nitrogens with one attached hydrogen (secondary N) is 1. The van der Waals surface area contributed by atoms with Crippen LogP contribution in [-0.4, -0.2) is 48.8 Å². The van der Waals surface area contributed by atoms with Gasteiger partial charge in [0, 0.05) is 18.0 Å². The van der Waals surface area contributed by atoms with Gasteiger partial charge < -0.3 is 19.7 Å². The highest BCUT2D eigenvalue weighted by atomic mass is 32.1. The smallest absolute Gasteiger partial charge is 0.416 e. The highest BCUT2D eigenvalue weighted by molar-refractivity contribution is 7.18. The highest BCUT2D eigenvalue weighted by Gasteiger charge is 2.32. The second-order valence-electron chi connectivity index (χ2n) is 8.88. The third kappa shape index (κ3) is 5.06. The van der Waals surface area contributed by atoms with E-state index in [2.05, 4.69) is 22.2 Å². The predicted molar refractivity (Wildman–Crippen MR) is 127 cm³/mol. The van der Waals surface area contributed by atoms with E-state index >= 15 is 0 Å². The minimum absolute atomic E-state index is 0.0880. The Balaban J connectivity index is 1.35. The first kappa shape index (κ1) is 23.8. The Bertz CT molecular complexity index is 1240. The number of aryl methyl sites for hydroxylation is 1. The fourth-order valence-electron chi connectivity index (χ4n) is 4.57. The van der Waals surface area contributed by atoms with Gasteiger partial charge in [0.15, 0.2) is 6.61 Å². The van der Waals surface area contributed by atoms with Gasteiger partial charge in [-0.25, -0.2) is 9.97 Å². The SMILES string of the molecule is C[C@@H]1CCc2c(sc3ncnc(OCC(=O)Nc4cc(C(F)(F)F)ccc4N4CCOCC4)c23)C1. The Morgan fingerprint density at radius 1 is 1.29 bits per heavy atom. The van der Waals surface area contributed by atoms with E-state index in [-0.39, 0.29) is 12.3 Å². The Labute approximate surface area is 204 Å². The average molecular weight is 507 g/mol. The number of hydrogen-bond acceptors (Lipinski definition) is 7. The number of ether oxygens (including phenoxy) is 2. The average Bonchev–Trinajstić information content (AvgIpc) is 3.20. The van der Waals surface area contributed by atoms with Crippen molar-refractivity contribution >= 4 is 38.8 Å². The van der Waals surface area contributed by atoms with Crippen molar-refractivity contribution in [3.05, 3.63) is 40.5 Å². The Morgan fingerprint density at radius 2 is 2.09 bits per heavy atom. The van der Waals surface area contributed by atoms with Crippen LogP contribution in [0.4, 0.5) is 24.5 Å². The number of fused-ring (bicyclic) bond motifs is 3. The number of alkyl halides is 3. The first-order valence-electron chi connectivity index (χ1n) is 11.5. The highest BCUT2D eigenvalue weighted by Crippen LogP contribution is 2.40. The van der Waals surface area contributed by atoms with Gasteiger partial charge in [-0.2, -0.15) is 13.2 Å².